The van der Waals surface area contributed by atoms with Crippen LogP contribution in [0.1, 0.15) is 24.5 Å². The molecule has 0 bridgehead atoms. The highest BCUT2D eigenvalue weighted by Crippen LogP contribution is 2.18. The molecule has 0 spiro atoms. The molecule has 1 aromatic rings. The van der Waals surface area contributed by atoms with Crippen molar-refractivity contribution in [2.24, 2.45) is 5.73 Å². The summed E-state index contributed by atoms with van der Waals surface area (Å²) in [6.45, 7) is 5.64. The van der Waals surface area contributed by atoms with Crippen LogP contribution in [0.5, 0.6) is 0 Å². The molecule has 1 amide bonds. The Hall–Kier alpha value is -2.07. The molecular weight excluding hydrogens is 274 g/mol. The summed E-state index contributed by atoms with van der Waals surface area (Å²) in [5.41, 5.74) is 8.85. The maximum atomic E-state index is 11.9. The van der Waals surface area contributed by atoms with Crippen molar-refractivity contribution < 1.29 is 4.79 Å². The van der Waals surface area contributed by atoms with Crippen molar-refractivity contribution in [1.29, 1.82) is 0 Å². The van der Waals surface area contributed by atoms with Crippen LogP contribution in [0.15, 0.2) is 48.2 Å². The van der Waals surface area contributed by atoms with Gasteiger partial charge in [-0.05, 0) is 30.9 Å². The minimum Gasteiger partial charge on any atom is -0.404 e. The lowest BCUT2D eigenvalue weighted by Crippen LogP contribution is -2.34. The average Bonchev–Trinajstić information content (AvgIpc) is 2.56. The van der Waals surface area contributed by atoms with E-state index in [-0.39, 0.29) is 5.91 Å². The standard InChI is InChI=1S/C18H25N3O/c1-2-6-16(13-19)18(22)20-10-5-11-21-12-9-15-7-3-4-8-17(15)14-21/h2-4,6-8,13H,5,9-12,14,19H2,1H3,(H,20,22)/b6-2-,16-13+. The second kappa shape index (κ2) is 8.39. The van der Waals surface area contributed by atoms with E-state index in [1.54, 1.807) is 6.08 Å². The summed E-state index contributed by atoms with van der Waals surface area (Å²) >= 11 is 0. The summed E-state index contributed by atoms with van der Waals surface area (Å²) in [6.07, 6.45) is 6.93. The lowest BCUT2D eigenvalue weighted by Gasteiger charge is -2.28. The van der Waals surface area contributed by atoms with Crippen LogP contribution in [0.2, 0.25) is 0 Å². The SMILES string of the molecule is C/C=C\C(=C/N)C(=O)NCCCN1CCc2ccccc2C1. The molecule has 0 fully saturated rings. The Morgan fingerprint density at radius 1 is 1.36 bits per heavy atom. The number of nitrogens with zero attached hydrogens (tertiary/aromatic N) is 1. The van der Waals surface area contributed by atoms with Gasteiger partial charge in [0.2, 0.25) is 0 Å². The minimum absolute atomic E-state index is 0.107. The van der Waals surface area contributed by atoms with E-state index in [4.69, 9.17) is 5.73 Å². The van der Waals surface area contributed by atoms with E-state index in [2.05, 4.69) is 34.5 Å². The Balaban J connectivity index is 1.71. The van der Waals surface area contributed by atoms with Crippen molar-refractivity contribution in [1.82, 2.24) is 10.2 Å². The number of nitrogens with two attached hydrogens (primary N) is 1. The van der Waals surface area contributed by atoms with Crippen LogP contribution in [-0.2, 0) is 17.8 Å². The number of fused-ring (bicyclic) bond motifs is 1. The Morgan fingerprint density at radius 2 is 2.14 bits per heavy atom. The van der Waals surface area contributed by atoms with Gasteiger partial charge >= 0.3 is 0 Å². The predicted molar refractivity (Wildman–Crippen MR) is 90.1 cm³/mol. The van der Waals surface area contributed by atoms with E-state index < -0.39 is 0 Å². The molecule has 1 aliphatic rings. The number of nitrogens with one attached hydrogen (secondary N) is 1. The molecule has 22 heavy (non-hydrogen) atoms. The topological polar surface area (TPSA) is 58.4 Å². The molecule has 1 heterocycles. The van der Waals surface area contributed by atoms with Gasteiger partial charge in [0.15, 0.2) is 0 Å². The van der Waals surface area contributed by atoms with Gasteiger partial charge in [-0.15, -0.1) is 0 Å². The summed E-state index contributed by atoms with van der Waals surface area (Å²) in [5, 5.41) is 2.91. The lowest BCUT2D eigenvalue weighted by atomic mass is 10.00. The Labute approximate surface area is 132 Å². The van der Waals surface area contributed by atoms with E-state index in [0.29, 0.717) is 12.1 Å². The maximum Gasteiger partial charge on any atom is 0.252 e. The monoisotopic (exact) mass is 299 g/mol. The van der Waals surface area contributed by atoms with E-state index in [0.717, 1.165) is 32.5 Å². The van der Waals surface area contributed by atoms with Gasteiger partial charge in [-0.25, -0.2) is 0 Å². The van der Waals surface area contributed by atoms with Crippen molar-refractivity contribution in [3.63, 3.8) is 0 Å². The molecule has 0 unspecified atom stereocenters. The number of hydrogen-bond acceptors (Lipinski definition) is 3. The smallest absolute Gasteiger partial charge is 0.252 e. The lowest BCUT2D eigenvalue weighted by molar-refractivity contribution is -0.117. The van der Waals surface area contributed by atoms with Crippen molar-refractivity contribution in [2.45, 2.75) is 26.3 Å². The second-order valence-electron chi connectivity index (χ2n) is 5.53. The van der Waals surface area contributed by atoms with E-state index >= 15 is 0 Å². The molecule has 1 aliphatic heterocycles. The zero-order valence-electron chi connectivity index (χ0n) is 13.2. The van der Waals surface area contributed by atoms with Gasteiger partial charge in [0.25, 0.3) is 5.91 Å². The summed E-state index contributed by atoms with van der Waals surface area (Å²) in [6, 6.07) is 8.63. The average molecular weight is 299 g/mol. The highest BCUT2D eigenvalue weighted by molar-refractivity contribution is 5.95. The first-order valence-corrected chi connectivity index (χ1v) is 7.86. The molecule has 0 saturated heterocycles. The maximum absolute atomic E-state index is 11.9. The van der Waals surface area contributed by atoms with Gasteiger partial charge in [-0.2, -0.15) is 0 Å². The van der Waals surface area contributed by atoms with Gasteiger partial charge in [0, 0.05) is 32.4 Å². The minimum atomic E-state index is -0.107. The second-order valence-corrected chi connectivity index (χ2v) is 5.53. The molecule has 0 aliphatic carbocycles. The van der Waals surface area contributed by atoms with Gasteiger partial charge in [0.1, 0.15) is 0 Å². The van der Waals surface area contributed by atoms with E-state index in [9.17, 15) is 4.79 Å². The molecule has 4 nitrogen and oxygen atoms in total. The highest BCUT2D eigenvalue weighted by Gasteiger charge is 2.15. The van der Waals surface area contributed by atoms with Crippen molar-refractivity contribution >= 4 is 5.91 Å². The van der Waals surface area contributed by atoms with E-state index in [1.165, 1.54) is 17.3 Å². The fourth-order valence-electron chi connectivity index (χ4n) is 2.74. The number of benzene rings is 1. The zero-order chi connectivity index (χ0) is 15.8. The van der Waals surface area contributed by atoms with Crippen LogP contribution in [0.4, 0.5) is 0 Å². The van der Waals surface area contributed by atoms with Gasteiger partial charge in [0.05, 0.1) is 5.57 Å². The fraction of sp³-hybridized carbons (Fsp3) is 0.389. The Kier molecular flexibility index (Phi) is 6.22. The summed E-state index contributed by atoms with van der Waals surface area (Å²) in [4.78, 5) is 14.3. The molecule has 118 valence electrons. The van der Waals surface area contributed by atoms with Crippen LogP contribution < -0.4 is 11.1 Å². The normalized spacial score (nSPS) is 15.8. The first-order valence-electron chi connectivity index (χ1n) is 7.86. The third-order valence-electron chi connectivity index (χ3n) is 3.93. The number of hydrogen-bond donors (Lipinski definition) is 2. The molecule has 0 saturated carbocycles. The predicted octanol–water partition coefficient (Wildman–Crippen LogP) is 1.97. The van der Waals surface area contributed by atoms with Gasteiger partial charge < -0.3 is 11.1 Å². The van der Waals surface area contributed by atoms with E-state index in [1.807, 2.05) is 13.0 Å². The molecule has 4 heteroatoms. The third-order valence-corrected chi connectivity index (χ3v) is 3.93. The van der Waals surface area contributed by atoms with Crippen LogP contribution >= 0.6 is 0 Å². The third kappa shape index (κ3) is 4.46. The molecule has 0 aromatic heterocycles. The first kappa shape index (κ1) is 16.3. The fourth-order valence-corrected chi connectivity index (χ4v) is 2.74. The molecular formula is C18H25N3O. The van der Waals surface area contributed by atoms with Gasteiger partial charge in [-0.3, -0.25) is 9.69 Å². The molecule has 1 aromatic carbocycles. The Bertz CT molecular complexity index is 563. The summed E-state index contributed by atoms with van der Waals surface area (Å²) in [5.74, 6) is -0.107. The summed E-state index contributed by atoms with van der Waals surface area (Å²) < 4.78 is 0. The van der Waals surface area contributed by atoms with Crippen LogP contribution in [-0.4, -0.2) is 30.4 Å². The van der Waals surface area contributed by atoms with Crippen molar-refractivity contribution in [3.05, 3.63) is 59.3 Å². The van der Waals surface area contributed by atoms with Crippen LogP contribution in [0.25, 0.3) is 0 Å². The van der Waals surface area contributed by atoms with Crippen molar-refractivity contribution in [2.75, 3.05) is 19.6 Å². The molecule has 0 radical (unpaired) electrons. The number of rotatable bonds is 6. The van der Waals surface area contributed by atoms with Crippen LogP contribution in [0, 0.1) is 0 Å². The highest BCUT2D eigenvalue weighted by atomic mass is 16.1. The molecule has 2 rings (SSSR count). The Morgan fingerprint density at radius 3 is 2.86 bits per heavy atom. The largest absolute Gasteiger partial charge is 0.404 e. The van der Waals surface area contributed by atoms with Gasteiger partial charge in [-0.1, -0.05) is 36.4 Å². The van der Waals surface area contributed by atoms with Crippen LogP contribution in [0.3, 0.4) is 0 Å². The quantitative estimate of drug-likeness (QED) is 0.480. The first-order chi connectivity index (χ1) is 10.7. The number of amides is 1. The zero-order valence-corrected chi connectivity index (χ0v) is 13.2. The summed E-state index contributed by atoms with van der Waals surface area (Å²) in [7, 11) is 0. The number of carbonyl (C=O) groups is 1. The van der Waals surface area contributed by atoms with Crippen molar-refractivity contribution in [3.8, 4) is 0 Å². The number of allylic oxidation sites excluding steroid dienone is 1. The number of carbonyl (C=O) groups excluding carboxylic acids is 1. The molecule has 0 atom stereocenters. The molecule has 3 N–H and O–H groups in total.